The van der Waals surface area contributed by atoms with E-state index in [9.17, 15) is 0 Å². The topological polar surface area (TPSA) is 15.3 Å². The van der Waals surface area contributed by atoms with Gasteiger partial charge in [-0.3, -0.25) is 4.90 Å². The van der Waals surface area contributed by atoms with Crippen LogP contribution in [-0.4, -0.2) is 31.1 Å². The van der Waals surface area contributed by atoms with E-state index in [0.717, 1.165) is 26.2 Å². The van der Waals surface area contributed by atoms with Crippen LogP contribution in [0.3, 0.4) is 0 Å². The van der Waals surface area contributed by atoms with Crippen molar-refractivity contribution < 1.29 is 0 Å². The molecule has 0 aliphatic carbocycles. The molecule has 2 aromatic carbocycles. The molecular weight excluding hydrogens is 280 g/mol. The van der Waals surface area contributed by atoms with E-state index in [4.69, 9.17) is 0 Å². The third-order valence-corrected chi connectivity index (χ3v) is 4.82. The summed E-state index contributed by atoms with van der Waals surface area (Å²) in [6.07, 6.45) is 1.22. The van der Waals surface area contributed by atoms with Gasteiger partial charge >= 0.3 is 0 Å². The number of benzene rings is 2. The van der Waals surface area contributed by atoms with Crippen molar-refractivity contribution in [3.63, 3.8) is 0 Å². The number of hydrogen-bond acceptors (Lipinski definition) is 2. The standard InChI is InChI=1S/C21H28N2/c1-16-6-4-7-19(15-16)21(23-12-5-10-22-11-13-23)20-9-8-17(2)14-18(20)3/h4,6-9,14-15,21-22H,5,10-13H2,1-3H3. The second kappa shape index (κ2) is 7.29. The first-order valence-electron chi connectivity index (χ1n) is 8.73. The number of nitrogens with one attached hydrogen (secondary N) is 1. The van der Waals surface area contributed by atoms with Crippen LogP contribution in [0.25, 0.3) is 0 Å². The van der Waals surface area contributed by atoms with Crippen LogP contribution in [0.4, 0.5) is 0 Å². The van der Waals surface area contributed by atoms with Gasteiger partial charge in [0.1, 0.15) is 0 Å². The summed E-state index contributed by atoms with van der Waals surface area (Å²) < 4.78 is 0. The smallest absolute Gasteiger partial charge is 0.0604 e. The lowest BCUT2D eigenvalue weighted by Gasteiger charge is -2.32. The minimum atomic E-state index is 0.357. The molecule has 1 fully saturated rings. The molecule has 23 heavy (non-hydrogen) atoms. The molecule has 1 atom stereocenters. The first kappa shape index (κ1) is 16.2. The zero-order chi connectivity index (χ0) is 16.2. The van der Waals surface area contributed by atoms with Gasteiger partial charge < -0.3 is 5.32 Å². The second-order valence-corrected chi connectivity index (χ2v) is 6.82. The van der Waals surface area contributed by atoms with Gasteiger partial charge in [-0.2, -0.15) is 0 Å². The lowest BCUT2D eigenvalue weighted by atomic mass is 9.91. The summed E-state index contributed by atoms with van der Waals surface area (Å²) in [6.45, 7) is 11.1. The molecular formula is C21H28N2. The molecule has 1 heterocycles. The lowest BCUT2D eigenvalue weighted by molar-refractivity contribution is 0.240. The van der Waals surface area contributed by atoms with E-state index in [-0.39, 0.29) is 0 Å². The molecule has 0 amide bonds. The lowest BCUT2D eigenvalue weighted by Crippen LogP contribution is -2.33. The molecule has 1 saturated heterocycles. The van der Waals surface area contributed by atoms with E-state index in [1.807, 2.05) is 0 Å². The van der Waals surface area contributed by atoms with Crippen LogP contribution >= 0.6 is 0 Å². The van der Waals surface area contributed by atoms with Crippen molar-refractivity contribution in [3.8, 4) is 0 Å². The summed E-state index contributed by atoms with van der Waals surface area (Å²) in [7, 11) is 0. The van der Waals surface area contributed by atoms with Crippen molar-refractivity contribution in [3.05, 3.63) is 70.3 Å². The zero-order valence-corrected chi connectivity index (χ0v) is 14.6. The van der Waals surface area contributed by atoms with Gasteiger partial charge in [0.25, 0.3) is 0 Å². The quantitative estimate of drug-likeness (QED) is 0.922. The molecule has 2 heteroatoms. The van der Waals surface area contributed by atoms with Crippen molar-refractivity contribution in [1.29, 1.82) is 0 Å². The normalized spacial score (nSPS) is 17.7. The second-order valence-electron chi connectivity index (χ2n) is 6.82. The van der Waals surface area contributed by atoms with E-state index in [1.54, 1.807) is 0 Å². The Morgan fingerprint density at radius 2 is 1.74 bits per heavy atom. The molecule has 1 unspecified atom stereocenters. The maximum Gasteiger partial charge on any atom is 0.0604 e. The molecule has 2 nitrogen and oxygen atoms in total. The predicted molar refractivity (Wildman–Crippen MR) is 98.0 cm³/mol. The van der Waals surface area contributed by atoms with Crippen molar-refractivity contribution in [2.24, 2.45) is 0 Å². The molecule has 1 aliphatic heterocycles. The van der Waals surface area contributed by atoms with E-state index < -0.39 is 0 Å². The zero-order valence-electron chi connectivity index (χ0n) is 14.6. The van der Waals surface area contributed by atoms with Crippen molar-refractivity contribution in [2.45, 2.75) is 33.2 Å². The average molecular weight is 308 g/mol. The van der Waals surface area contributed by atoms with Crippen LogP contribution in [0.2, 0.25) is 0 Å². The Labute approximate surface area is 140 Å². The van der Waals surface area contributed by atoms with Crippen LogP contribution in [0, 0.1) is 20.8 Å². The van der Waals surface area contributed by atoms with Gasteiger partial charge in [0.05, 0.1) is 6.04 Å². The predicted octanol–water partition coefficient (Wildman–Crippen LogP) is 4.00. The Morgan fingerprint density at radius 3 is 2.52 bits per heavy atom. The van der Waals surface area contributed by atoms with Crippen molar-refractivity contribution in [1.82, 2.24) is 10.2 Å². The van der Waals surface area contributed by atoms with Crippen LogP contribution in [0.1, 0.15) is 40.3 Å². The van der Waals surface area contributed by atoms with Gasteiger partial charge in [-0.15, -0.1) is 0 Å². The fourth-order valence-electron chi connectivity index (χ4n) is 3.68. The molecule has 0 aromatic heterocycles. The Hall–Kier alpha value is -1.64. The Balaban J connectivity index is 2.05. The molecule has 0 radical (unpaired) electrons. The highest BCUT2D eigenvalue weighted by atomic mass is 15.2. The summed E-state index contributed by atoms with van der Waals surface area (Å²) in [5.41, 5.74) is 6.94. The van der Waals surface area contributed by atoms with Gasteiger partial charge in [-0.1, -0.05) is 53.6 Å². The molecule has 3 rings (SSSR count). The monoisotopic (exact) mass is 308 g/mol. The van der Waals surface area contributed by atoms with Gasteiger partial charge in [-0.25, -0.2) is 0 Å². The summed E-state index contributed by atoms with van der Waals surface area (Å²) in [5.74, 6) is 0. The number of aryl methyl sites for hydroxylation is 3. The number of rotatable bonds is 3. The van der Waals surface area contributed by atoms with Crippen LogP contribution in [-0.2, 0) is 0 Å². The fourth-order valence-corrected chi connectivity index (χ4v) is 3.68. The molecule has 1 N–H and O–H groups in total. The Morgan fingerprint density at radius 1 is 0.913 bits per heavy atom. The van der Waals surface area contributed by atoms with Gasteiger partial charge in [0.2, 0.25) is 0 Å². The SMILES string of the molecule is Cc1cccc(C(c2ccc(C)cc2C)N2CCCNCC2)c1. The minimum absolute atomic E-state index is 0.357. The van der Waals surface area contributed by atoms with Crippen molar-refractivity contribution in [2.75, 3.05) is 26.2 Å². The first-order chi connectivity index (χ1) is 11.1. The first-order valence-corrected chi connectivity index (χ1v) is 8.73. The Kier molecular flexibility index (Phi) is 5.14. The number of hydrogen-bond donors (Lipinski definition) is 1. The highest BCUT2D eigenvalue weighted by molar-refractivity contribution is 5.40. The molecule has 1 aliphatic rings. The van der Waals surface area contributed by atoms with Gasteiger partial charge in [-0.05, 0) is 50.4 Å². The number of nitrogens with zero attached hydrogens (tertiary/aromatic N) is 1. The third-order valence-electron chi connectivity index (χ3n) is 4.82. The summed E-state index contributed by atoms with van der Waals surface area (Å²) in [6, 6.07) is 16.3. The highest BCUT2D eigenvalue weighted by Crippen LogP contribution is 2.32. The fraction of sp³-hybridized carbons (Fsp3) is 0.429. The average Bonchev–Trinajstić information content (AvgIpc) is 2.79. The van der Waals surface area contributed by atoms with Crippen molar-refractivity contribution >= 4 is 0 Å². The summed E-state index contributed by atoms with van der Waals surface area (Å²) >= 11 is 0. The largest absolute Gasteiger partial charge is 0.315 e. The Bertz CT molecular complexity index is 655. The summed E-state index contributed by atoms with van der Waals surface area (Å²) in [4.78, 5) is 2.65. The van der Waals surface area contributed by atoms with Gasteiger partial charge in [0.15, 0.2) is 0 Å². The van der Waals surface area contributed by atoms with E-state index in [1.165, 1.54) is 34.2 Å². The molecule has 0 bridgehead atoms. The van der Waals surface area contributed by atoms with Crippen LogP contribution in [0.5, 0.6) is 0 Å². The molecule has 0 saturated carbocycles. The minimum Gasteiger partial charge on any atom is -0.315 e. The maximum atomic E-state index is 3.53. The summed E-state index contributed by atoms with van der Waals surface area (Å²) in [5, 5.41) is 3.53. The third kappa shape index (κ3) is 3.82. The molecule has 2 aromatic rings. The van der Waals surface area contributed by atoms with Gasteiger partial charge in [0, 0.05) is 19.6 Å². The van der Waals surface area contributed by atoms with Crippen LogP contribution < -0.4 is 5.32 Å². The highest BCUT2D eigenvalue weighted by Gasteiger charge is 2.24. The van der Waals surface area contributed by atoms with E-state index in [0.29, 0.717) is 6.04 Å². The maximum absolute atomic E-state index is 3.53. The van der Waals surface area contributed by atoms with E-state index >= 15 is 0 Å². The molecule has 0 spiro atoms. The van der Waals surface area contributed by atoms with Crippen LogP contribution in [0.15, 0.2) is 42.5 Å². The van der Waals surface area contributed by atoms with E-state index in [2.05, 4.69) is 73.5 Å². The molecule has 122 valence electrons.